The molecule has 0 bridgehead atoms. The molecule has 1 atom stereocenters. The number of hydrogen-bond acceptors (Lipinski definition) is 4. The fourth-order valence-electron chi connectivity index (χ4n) is 2.23. The highest BCUT2D eigenvalue weighted by molar-refractivity contribution is 7.78. The molecule has 2 rings (SSSR count). The molecular weight excluding hydrogens is 306 g/mol. The van der Waals surface area contributed by atoms with Gasteiger partial charge in [-0.2, -0.15) is 0 Å². The summed E-state index contributed by atoms with van der Waals surface area (Å²) in [6.07, 6.45) is 0.657. The predicted molar refractivity (Wildman–Crippen MR) is 95.6 cm³/mol. The van der Waals surface area contributed by atoms with Gasteiger partial charge in [0.25, 0.3) is 0 Å². The second-order valence-corrected chi connectivity index (χ2v) is 5.85. The Morgan fingerprint density at radius 2 is 1.70 bits per heavy atom. The molecule has 118 valence electrons. The van der Waals surface area contributed by atoms with Crippen LogP contribution in [0.3, 0.4) is 0 Å². The van der Waals surface area contributed by atoms with Gasteiger partial charge in [-0.1, -0.05) is 32.0 Å². The number of ketones is 1. The third kappa shape index (κ3) is 5.13. The van der Waals surface area contributed by atoms with E-state index in [0.29, 0.717) is 23.7 Å². The summed E-state index contributed by atoms with van der Waals surface area (Å²) < 4.78 is 5.72. The largest absolute Gasteiger partial charge is 0.457 e. The highest BCUT2D eigenvalue weighted by Crippen LogP contribution is 2.22. The van der Waals surface area contributed by atoms with Gasteiger partial charge in [0.05, 0.1) is 5.16 Å². The van der Waals surface area contributed by atoms with E-state index in [1.807, 2.05) is 30.3 Å². The number of hydrogen-bond donors (Lipinski definition) is 0. The molecule has 3 nitrogen and oxygen atoms in total. The molecule has 4 heteroatoms. The molecule has 0 saturated heterocycles. The minimum absolute atomic E-state index is 0.0395. The topological polar surface area (TPSA) is 38.7 Å². The molecule has 0 amide bonds. The van der Waals surface area contributed by atoms with Crippen LogP contribution in [0.5, 0.6) is 11.5 Å². The van der Waals surface area contributed by atoms with Crippen molar-refractivity contribution >= 4 is 23.2 Å². The van der Waals surface area contributed by atoms with Gasteiger partial charge < -0.3 is 4.74 Å². The van der Waals surface area contributed by atoms with Crippen LogP contribution in [0.4, 0.5) is 0 Å². The molecule has 1 unspecified atom stereocenters. The van der Waals surface area contributed by atoms with Crippen molar-refractivity contribution in [2.45, 2.75) is 26.3 Å². The lowest BCUT2D eigenvalue weighted by Crippen LogP contribution is -2.20. The molecule has 0 aliphatic heterocycles. The molecule has 0 saturated carbocycles. The Morgan fingerprint density at radius 3 is 2.26 bits per heavy atom. The molecule has 0 spiro atoms. The van der Waals surface area contributed by atoms with Crippen molar-refractivity contribution in [3.05, 3.63) is 60.2 Å². The summed E-state index contributed by atoms with van der Waals surface area (Å²) in [5.41, 5.74) is 0.602. The maximum absolute atomic E-state index is 12.5. The summed E-state index contributed by atoms with van der Waals surface area (Å²) in [6, 6.07) is 16.1. The van der Waals surface area contributed by atoms with E-state index < -0.39 is 6.04 Å². The minimum Gasteiger partial charge on any atom is -0.457 e. The molecule has 0 aliphatic carbocycles. The Balaban J connectivity index is 2.11. The molecule has 0 radical (unpaired) electrons. The Labute approximate surface area is 142 Å². The number of rotatable bonds is 7. The Hall–Kier alpha value is -2.29. The number of carbonyl (C=O) groups is 1. The summed E-state index contributed by atoms with van der Waals surface area (Å²) in [5.74, 6) is 1.76. The number of carbonyl (C=O) groups excluding carboxylic acids is 1. The van der Waals surface area contributed by atoms with Crippen LogP contribution in [0.2, 0.25) is 0 Å². The summed E-state index contributed by atoms with van der Waals surface area (Å²) in [4.78, 5) is 16.5. The summed E-state index contributed by atoms with van der Waals surface area (Å²) >= 11 is 4.66. The SMILES string of the molecule is CC(C)CC(N=C=S)C(=O)c1ccc(Oc2ccccc2)cc1. The lowest BCUT2D eigenvalue weighted by atomic mass is 9.96. The van der Waals surface area contributed by atoms with Crippen LogP contribution in [0, 0.1) is 5.92 Å². The third-order valence-electron chi connectivity index (χ3n) is 3.32. The van der Waals surface area contributed by atoms with Gasteiger partial charge in [0, 0.05) is 5.56 Å². The van der Waals surface area contributed by atoms with Gasteiger partial charge in [-0.3, -0.25) is 4.79 Å². The first kappa shape index (κ1) is 17.1. The van der Waals surface area contributed by atoms with Crippen molar-refractivity contribution in [3.63, 3.8) is 0 Å². The molecule has 23 heavy (non-hydrogen) atoms. The van der Waals surface area contributed by atoms with Crippen molar-refractivity contribution < 1.29 is 9.53 Å². The second kappa shape index (κ2) is 8.37. The normalized spacial score (nSPS) is 11.6. The third-order valence-corrected chi connectivity index (χ3v) is 3.43. The van der Waals surface area contributed by atoms with E-state index >= 15 is 0 Å². The molecule has 0 aliphatic rings. The molecule has 0 fully saturated rings. The van der Waals surface area contributed by atoms with Crippen LogP contribution in [0.15, 0.2) is 59.6 Å². The van der Waals surface area contributed by atoms with E-state index in [-0.39, 0.29) is 5.78 Å². The Kier molecular flexibility index (Phi) is 6.21. The smallest absolute Gasteiger partial charge is 0.188 e. The first-order valence-electron chi connectivity index (χ1n) is 7.54. The fraction of sp³-hybridized carbons (Fsp3) is 0.263. The summed E-state index contributed by atoms with van der Waals surface area (Å²) in [6.45, 7) is 4.10. The number of benzene rings is 2. The number of nitrogens with zero attached hydrogens (tertiary/aromatic N) is 1. The maximum atomic E-state index is 12.5. The Bertz CT molecular complexity index is 689. The number of isothiocyanates is 1. The van der Waals surface area contributed by atoms with E-state index in [1.54, 1.807) is 24.3 Å². The lowest BCUT2D eigenvalue weighted by Gasteiger charge is -2.13. The van der Waals surface area contributed by atoms with Gasteiger partial charge in [0.1, 0.15) is 17.5 Å². The highest BCUT2D eigenvalue weighted by atomic mass is 32.1. The van der Waals surface area contributed by atoms with E-state index in [0.717, 1.165) is 5.75 Å². The zero-order chi connectivity index (χ0) is 16.7. The zero-order valence-corrected chi connectivity index (χ0v) is 14.0. The Morgan fingerprint density at radius 1 is 1.09 bits per heavy atom. The van der Waals surface area contributed by atoms with Crippen molar-refractivity contribution in [1.82, 2.24) is 0 Å². The summed E-state index contributed by atoms with van der Waals surface area (Å²) in [7, 11) is 0. The first-order chi connectivity index (χ1) is 11.1. The van der Waals surface area contributed by atoms with Crippen LogP contribution in [-0.4, -0.2) is 17.0 Å². The van der Waals surface area contributed by atoms with E-state index in [1.165, 1.54) is 0 Å². The molecule has 0 heterocycles. The lowest BCUT2D eigenvalue weighted by molar-refractivity contribution is 0.0952. The average molecular weight is 325 g/mol. The van der Waals surface area contributed by atoms with Gasteiger partial charge in [0.2, 0.25) is 0 Å². The minimum atomic E-state index is -0.464. The van der Waals surface area contributed by atoms with E-state index in [4.69, 9.17) is 4.74 Å². The van der Waals surface area contributed by atoms with Gasteiger partial charge in [-0.25, -0.2) is 4.99 Å². The first-order valence-corrected chi connectivity index (χ1v) is 7.95. The van der Waals surface area contributed by atoms with E-state index in [2.05, 4.69) is 36.2 Å². The van der Waals surface area contributed by atoms with Crippen LogP contribution in [0.1, 0.15) is 30.6 Å². The van der Waals surface area contributed by atoms with Crippen molar-refractivity contribution in [2.75, 3.05) is 0 Å². The van der Waals surface area contributed by atoms with Crippen LogP contribution in [-0.2, 0) is 0 Å². The monoisotopic (exact) mass is 325 g/mol. The van der Waals surface area contributed by atoms with Gasteiger partial charge in [0.15, 0.2) is 5.78 Å². The zero-order valence-electron chi connectivity index (χ0n) is 13.2. The predicted octanol–water partition coefficient (Wildman–Crippen LogP) is 5.18. The molecule has 2 aromatic carbocycles. The van der Waals surface area contributed by atoms with Crippen LogP contribution >= 0.6 is 12.2 Å². The number of thiocarbonyl (C=S) groups is 1. The highest BCUT2D eigenvalue weighted by Gasteiger charge is 2.20. The standard InChI is InChI=1S/C19H19NO2S/c1-14(2)12-18(20-13-23)19(21)15-8-10-17(11-9-15)22-16-6-4-3-5-7-16/h3-11,14,18H,12H2,1-2H3. The van der Waals surface area contributed by atoms with Crippen molar-refractivity contribution in [1.29, 1.82) is 0 Å². The fourth-order valence-corrected chi connectivity index (χ4v) is 2.36. The van der Waals surface area contributed by atoms with Crippen LogP contribution in [0.25, 0.3) is 0 Å². The van der Waals surface area contributed by atoms with Crippen molar-refractivity contribution in [2.24, 2.45) is 10.9 Å². The quantitative estimate of drug-likeness (QED) is 0.400. The summed E-state index contributed by atoms with van der Waals surface area (Å²) in [5, 5.41) is 2.33. The molecule has 2 aromatic rings. The van der Waals surface area contributed by atoms with Crippen LogP contribution < -0.4 is 4.74 Å². The van der Waals surface area contributed by atoms with E-state index in [9.17, 15) is 4.79 Å². The number of ether oxygens (including phenoxy) is 1. The average Bonchev–Trinajstić information content (AvgIpc) is 2.55. The second-order valence-electron chi connectivity index (χ2n) is 5.67. The number of aliphatic imine (C=N–C) groups is 1. The number of Topliss-reactive ketones (excluding diaryl/α,β-unsaturated/α-hetero) is 1. The van der Waals surface area contributed by atoms with Gasteiger partial charge in [-0.15, -0.1) is 0 Å². The van der Waals surface area contributed by atoms with Gasteiger partial charge in [-0.05, 0) is 61.0 Å². The molecule has 0 aromatic heterocycles. The van der Waals surface area contributed by atoms with Crippen molar-refractivity contribution in [3.8, 4) is 11.5 Å². The molecular formula is C19H19NO2S. The van der Waals surface area contributed by atoms with Gasteiger partial charge >= 0.3 is 0 Å². The maximum Gasteiger partial charge on any atom is 0.188 e. The number of para-hydroxylation sites is 1. The molecule has 0 N–H and O–H groups in total.